The average molecular weight is 371 g/mol. The van der Waals surface area contributed by atoms with Crippen molar-refractivity contribution < 1.29 is 4.39 Å². The molecule has 1 nitrogen and oxygen atoms in total. The molecule has 4 heteroatoms. The third-order valence-corrected chi connectivity index (χ3v) is 4.27. The maximum Gasteiger partial charge on any atom is 0.123 e. The van der Waals surface area contributed by atoms with Crippen LogP contribution in [0.4, 0.5) is 10.1 Å². The van der Waals surface area contributed by atoms with E-state index in [9.17, 15) is 4.39 Å². The van der Waals surface area contributed by atoms with E-state index >= 15 is 0 Å². The van der Waals surface area contributed by atoms with Gasteiger partial charge in [-0.15, -0.1) is 0 Å². The molecule has 2 aromatic carbocycles. The predicted molar refractivity (Wildman–Crippen MR) is 91.4 cm³/mol. The molecule has 0 amide bonds. The Hall–Kier alpha value is -1.06. The van der Waals surface area contributed by atoms with Crippen molar-refractivity contribution in [3.8, 4) is 0 Å². The van der Waals surface area contributed by atoms with Gasteiger partial charge in [0.15, 0.2) is 0 Å². The van der Waals surface area contributed by atoms with Crippen molar-refractivity contribution in [3.63, 3.8) is 0 Å². The fraction of sp³-hybridized carbons (Fsp3) is 0.294. The van der Waals surface area contributed by atoms with E-state index in [0.717, 1.165) is 35.0 Å². The van der Waals surface area contributed by atoms with Crippen molar-refractivity contribution in [2.75, 3.05) is 5.32 Å². The van der Waals surface area contributed by atoms with E-state index in [1.54, 1.807) is 0 Å². The molecular weight excluding hydrogens is 353 g/mol. The molecular formula is C17H18BrClFN. The fourth-order valence-electron chi connectivity index (χ4n) is 2.22. The molecule has 0 saturated carbocycles. The first-order chi connectivity index (χ1) is 10.1. The number of unbranched alkanes of at least 4 members (excludes halogenated alkanes) is 1. The number of benzene rings is 2. The largest absolute Gasteiger partial charge is 0.377 e. The Kier molecular flexibility index (Phi) is 6.07. The summed E-state index contributed by atoms with van der Waals surface area (Å²) in [4.78, 5) is 0. The van der Waals surface area contributed by atoms with Gasteiger partial charge >= 0.3 is 0 Å². The fourth-order valence-corrected chi connectivity index (χ4v) is 3.02. The van der Waals surface area contributed by atoms with Crippen LogP contribution in [-0.2, 0) is 0 Å². The standard InChI is InChI=1S/C17H18BrClFN/c1-2-3-4-16(12-5-8-14(20)9-6-12)21-17-10-7-13(19)11-15(17)18/h5-11,16,21H,2-4H2,1H3. The molecule has 0 aromatic heterocycles. The third kappa shape index (κ3) is 4.72. The van der Waals surface area contributed by atoms with E-state index in [-0.39, 0.29) is 11.9 Å². The van der Waals surface area contributed by atoms with E-state index in [2.05, 4.69) is 28.2 Å². The highest BCUT2D eigenvalue weighted by molar-refractivity contribution is 9.10. The van der Waals surface area contributed by atoms with Crippen LogP contribution < -0.4 is 5.32 Å². The summed E-state index contributed by atoms with van der Waals surface area (Å²) in [5, 5.41) is 4.21. The number of rotatable bonds is 6. The SMILES string of the molecule is CCCCC(Nc1ccc(Cl)cc1Br)c1ccc(F)cc1. The molecule has 0 fully saturated rings. The number of nitrogens with one attached hydrogen (secondary N) is 1. The topological polar surface area (TPSA) is 12.0 Å². The van der Waals surface area contributed by atoms with Gasteiger partial charge in [-0.2, -0.15) is 0 Å². The molecule has 1 N–H and O–H groups in total. The molecule has 0 aliphatic rings. The Morgan fingerprint density at radius 1 is 1.19 bits per heavy atom. The van der Waals surface area contributed by atoms with Crippen LogP contribution in [-0.4, -0.2) is 0 Å². The lowest BCUT2D eigenvalue weighted by molar-refractivity contribution is 0.616. The first kappa shape index (κ1) is 16.3. The van der Waals surface area contributed by atoms with Crippen LogP contribution >= 0.6 is 27.5 Å². The van der Waals surface area contributed by atoms with Crippen LogP contribution in [0.2, 0.25) is 5.02 Å². The van der Waals surface area contributed by atoms with E-state index in [4.69, 9.17) is 11.6 Å². The third-order valence-electron chi connectivity index (χ3n) is 3.38. The van der Waals surface area contributed by atoms with Crippen molar-refractivity contribution in [2.24, 2.45) is 0 Å². The molecule has 0 aliphatic heterocycles. The zero-order chi connectivity index (χ0) is 15.2. The second-order valence-electron chi connectivity index (χ2n) is 5.01. The Balaban J connectivity index is 2.21. The zero-order valence-electron chi connectivity index (χ0n) is 11.9. The minimum Gasteiger partial charge on any atom is -0.377 e. The van der Waals surface area contributed by atoms with Crippen molar-refractivity contribution in [2.45, 2.75) is 32.2 Å². The Morgan fingerprint density at radius 3 is 2.52 bits per heavy atom. The highest BCUT2D eigenvalue weighted by Gasteiger charge is 2.12. The summed E-state index contributed by atoms with van der Waals surface area (Å²) in [5.41, 5.74) is 2.08. The number of anilines is 1. The Bertz CT molecular complexity index is 586. The maximum atomic E-state index is 13.1. The lowest BCUT2D eigenvalue weighted by atomic mass is 10.0. The van der Waals surface area contributed by atoms with Gasteiger partial charge in [0.2, 0.25) is 0 Å². The van der Waals surface area contributed by atoms with Gasteiger partial charge in [-0.3, -0.25) is 0 Å². The minimum absolute atomic E-state index is 0.156. The van der Waals surface area contributed by atoms with Gasteiger partial charge in [0.05, 0.1) is 6.04 Å². The Labute approximate surface area is 138 Å². The molecule has 2 rings (SSSR count). The Morgan fingerprint density at radius 2 is 1.90 bits per heavy atom. The average Bonchev–Trinajstić information content (AvgIpc) is 2.46. The van der Waals surface area contributed by atoms with Crippen LogP contribution in [0.1, 0.15) is 37.8 Å². The van der Waals surface area contributed by atoms with Gasteiger partial charge in [0.1, 0.15) is 5.82 Å². The normalized spacial score (nSPS) is 12.2. The van der Waals surface area contributed by atoms with Gasteiger partial charge in [-0.25, -0.2) is 4.39 Å². The van der Waals surface area contributed by atoms with Gasteiger partial charge in [0.25, 0.3) is 0 Å². The summed E-state index contributed by atoms with van der Waals surface area (Å²) in [6, 6.07) is 12.5. The molecule has 0 saturated heterocycles. The summed E-state index contributed by atoms with van der Waals surface area (Å²) >= 11 is 9.49. The van der Waals surface area contributed by atoms with Crippen LogP contribution in [0.3, 0.4) is 0 Å². The molecule has 1 atom stereocenters. The van der Waals surface area contributed by atoms with Crippen LogP contribution in [0.15, 0.2) is 46.9 Å². The van der Waals surface area contributed by atoms with E-state index < -0.39 is 0 Å². The van der Waals surface area contributed by atoms with E-state index in [1.807, 2.05) is 30.3 Å². The quantitative estimate of drug-likeness (QED) is 0.605. The first-order valence-corrected chi connectivity index (χ1v) is 8.24. The van der Waals surface area contributed by atoms with Crippen LogP contribution in [0.5, 0.6) is 0 Å². The highest BCUT2D eigenvalue weighted by atomic mass is 79.9. The van der Waals surface area contributed by atoms with Gasteiger partial charge in [0, 0.05) is 15.2 Å². The van der Waals surface area contributed by atoms with Crippen molar-refractivity contribution in [1.29, 1.82) is 0 Å². The second kappa shape index (κ2) is 7.81. The van der Waals surface area contributed by atoms with Crippen LogP contribution in [0, 0.1) is 5.82 Å². The van der Waals surface area contributed by atoms with Gasteiger partial charge < -0.3 is 5.32 Å². The molecule has 0 heterocycles. The molecule has 0 aliphatic carbocycles. The van der Waals surface area contributed by atoms with Crippen LogP contribution in [0.25, 0.3) is 0 Å². The smallest absolute Gasteiger partial charge is 0.123 e. The van der Waals surface area contributed by atoms with Crippen molar-refractivity contribution >= 4 is 33.2 Å². The molecule has 0 bridgehead atoms. The molecule has 21 heavy (non-hydrogen) atoms. The van der Waals surface area contributed by atoms with Gasteiger partial charge in [-0.1, -0.05) is 43.5 Å². The number of hydrogen-bond donors (Lipinski definition) is 1. The lowest BCUT2D eigenvalue weighted by Gasteiger charge is -2.21. The molecule has 2 aromatic rings. The number of halogens is 3. The molecule has 112 valence electrons. The van der Waals surface area contributed by atoms with E-state index in [0.29, 0.717) is 5.02 Å². The predicted octanol–water partition coefficient (Wildman–Crippen LogP) is 6.59. The molecule has 0 radical (unpaired) electrons. The summed E-state index contributed by atoms with van der Waals surface area (Å²) < 4.78 is 14.0. The molecule has 0 spiro atoms. The van der Waals surface area contributed by atoms with Gasteiger partial charge in [-0.05, 0) is 58.2 Å². The summed E-state index contributed by atoms with van der Waals surface area (Å²) in [7, 11) is 0. The lowest BCUT2D eigenvalue weighted by Crippen LogP contribution is -2.11. The summed E-state index contributed by atoms with van der Waals surface area (Å²) in [5.74, 6) is -0.208. The highest BCUT2D eigenvalue weighted by Crippen LogP contribution is 2.31. The van der Waals surface area contributed by atoms with Crippen molar-refractivity contribution in [1.82, 2.24) is 0 Å². The maximum absolute atomic E-state index is 13.1. The zero-order valence-corrected chi connectivity index (χ0v) is 14.2. The summed E-state index contributed by atoms with van der Waals surface area (Å²) in [6.07, 6.45) is 3.23. The molecule has 1 unspecified atom stereocenters. The number of hydrogen-bond acceptors (Lipinski definition) is 1. The summed E-state index contributed by atoms with van der Waals surface area (Å²) in [6.45, 7) is 2.17. The van der Waals surface area contributed by atoms with E-state index in [1.165, 1.54) is 12.1 Å². The second-order valence-corrected chi connectivity index (χ2v) is 6.31. The first-order valence-electron chi connectivity index (χ1n) is 7.07. The monoisotopic (exact) mass is 369 g/mol. The minimum atomic E-state index is -0.208. The van der Waals surface area contributed by atoms with Crippen molar-refractivity contribution in [3.05, 3.63) is 63.3 Å².